The molecule has 0 saturated heterocycles. The summed E-state index contributed by atoms with van der Waals surface area (Å²) in [7, 11) is 5.36. The van der Waals surface area contributed by atoms with Crippen molar-refractivity contribution in [2.24, 2.45) is 0 Å². The van der Waals surface area contributed by atoms with E-state index >= 15 is 0 Å². The molecule has 0 fully saturated rings. The van der Waals surface area contributed by atoms with Crippen molar-refractivity contribution in [2.45, 2.75) is 0 Å². The largest absolute Gasteiger partial charge is 0.466 e. The molecule has 14 heteroatoms. The molecule has 2 N–H and O–H groups in total. The summed E-state index contributed by atoms with van der Waals surface area (Å²) in [5.41, 5.74) is -2.22. The van der Waals surface area contributed by atoms with Crippen LogP contribution in [0.1, 0.15) is 10.5 Å². The number of hydrogen-bond acceptors (Lipinski definition) is 13. The summed E-state index contributed by atoms with van der Waals surface area (Å²) in [5, 5.41) is 8.39. The minimum atomic E-state index is -1.19. The molecule has 162 valence electrons. The standard InChI is InChI=1S/C16H18N4O9S/c1-17-12(22)11-13(30-20-19-11)18-10(16(25)29-5)9(15(24)28-4)7(14(23)27-3)6-8(21)26-2/h6,18H,1-5H3,(H,17,22)/b7-6-,10-9-. The molecule has 0 bridgehead atoms. The number of nitrogens with zero attached hydrogens (tertiary/aromatic N) is 2. The summed E-state index contributed by atoms with van der Waals surface area (Å²) in [6.07, 6.45) is 0.632. The van der Waals surface area contributed by atoms with Crippen molar-refractivity contribution in [1.29, 1.82) is 0 Å². The van der Waals surface area contributed by atoms with E-state index < -0.39 is 46.6 Å². The van der Waals surface area contributed by atoms with Crippen LogP contribution in [0.5, 0.6) is 0 Å². The van der Waals surface area contributed by atoms with Gasteiger partial charge in [0.1, 0.15) is 16.3 Å². The van der Waals surface area contributed by atoms with Crippen molar-refractivity contribution in [3.8, 4) is 0 Å². The molecule has 1 aromatic heterocycles. The molecule has 0 aliphatic rings. The second-order valence-corrected chi connectivity index (χ2v) is 5.71. The van der Waals surface area contributed by atoms with Crippen LogP contribution in [0.2, 0.25) is 0 Å². The third-order valence-corrected chi connectivity index (χ3v) is 3.98. The highest BCUT2D eigenvalue weighted by atomic mass is 32.1. The highest BCUT2D eigenvalue weighted by molar-refractivity contribution is 7.10. The number of amides is 1. The van der Waals surface area contributed by atoms with Gasteiger partial charge in [0, 0.05) is 24.7 Å². The molecule has 1 aromatic rings. The van der Waals surface area contributed by atoms with Gasteiger partial charge in [-0.2, -0.15) is 0 Å². The van der Waals surface area contributed by atoms with Crippen molar-refractivity contribution >= 4 is 46.3 Å². The molecule has 0 unspecified atom stereocenters. The molecule has 1 rings (SSSR count). The molecular weight excluding hydrogens is 424 g/mol. The summed E-state index contributed by atoms with van der Waals surface area (Å²) in [6, 6.07) is 0. The lowest BCUT2D eigenvalue weighted by atomic mass is 10.0. The zero-order chi connectivity index (χ0) is 22.8. The van der Waals surface area contributed by atoms with Gasteiger partial charge < -0.3 is 29.6 Å². The van der Waals surface area contributed by atoms with Gasteiger partial charge in [-0.15, -0.1) is 5.10 Å². The number of rotatable bonds is 8. The van der Waals surface area contributed by atoms with E-state index in [1.165, 1.54) is 7.05 Å². The average Bonchev–Trinajstić information content (AvgIpc) is 3.23. The summed E-state index contributed by atoms with van der Waals surface area (Å²) in [4.78, 5) is 60.8. The topological polar surface area (TPSA) is 172 Å². The Labute approximate surface area is 174 Å². The second kappa shape index (κ2) is 11.3. The fraction of sp³-hybridized carbons (Fsp3) is 0.312. The first-order valence-corrected chi connectivity index (χ1v) is 8.63. The van der Waals surface area contributed by atoms with Gasteiger partial charge in [0.05, 0.1) is 34.0 Å². The van der Waals surface area contributed by atoms with E-state index in [1.807, 2.05) is 0 Å². The van der Waals surface area contributed by atoms with Gasteiger partial charge in [0.2, 0.25) is 0 Å². The first kappa shape index (κ1) is 24.2. The zero-order valence-electron chi connectivity index (χ0n) is 16.6. The summed E-state index contributed by atoms with van der Waals surface area (Å²) in [6.45, 7) is 0. The smallest absolute Gasteiger partial charge is 0.355 e. The molecule has 0 aliphatic carbocycles. The first-order chi connectivity index (χ1) is 14.2. The Bertz CT molecular complexity index is 920. The molecule has 1 amide bonds. The molecule has 0 atom stereocenters. The van der Waals surface area contributed by atoms with Gasteiger partial charge in [0.25, 0.3) is 5.91 Å². The van der Waals surface area contributed by atoms with Crippen molar-refractivity contribution in [2.75, 3.05) is 40.8 Å². The quantitative estimate of drug-likeness (QED) is 0.222. The maximum absolute atomic E-state index is 12.5. The Balaban J connectivity index is 3.83. The summed E-state index contributed by atoms with van der Waals surface area (Å²) < 4.78 is 22.0. The van der Waals surface area contributed by atoms with Gasteiger partial charge in [-0.1, -0.05) is 4.49 Å². The van der Waals surface area contributed by atoms with Gasteiger partial charge in [-0.3, -0.25) is 4.79 Å². The second-order valence-electron chi connectivity index (χ2n) is 4.96. The minimum absolute atomic E-state index is 0.0570. The number of aromatic nitrogens is 2. The zero-order valence-corrected chi connectivity index (χ0v) is 17.4. The fourth-order valence-electron chi connectivity index (χ4n) is 1.94. The first-order valence-electron chi connectivity index (χ1n) is 7.86. The minimum Gasteiger partial charge on any atom is -0.466 e. The van der Waals surface area contributed by atoms with Crippen LogP contribution in [0.15, 0.2) is 22.9 Å². The van der Waals surface area contributed by atoms with E-state index in [9.17, 15) is 24.0 Å². The Morgan fingerprint density at radius 1 is 0.900 bits per heavy atom. The third kappa shape index (κ3) is 5.60. The molecule has 0 radical (unpaired) electrons. The lowest BCUT2D eigenvalue weighted by molar-refractivity contribution is -0.141. The summed E-state index contributed by atoms with van der Waals surface area (Å²) in [5.74, 6) is -5.15. The highest BCUT2D eigenvalue weighted by Gasteiger charge is 2.32. The highest BCUT2D eigenvalue weighted by Crippen LogP contribution is 2.25. The SMILES string of the molecule is CNC(=O)c1nnsc1N/C(C(=O)OC)=C(C(=O)OC)/C(=C/C(=O)OC)C(=O)OC. The Morgan fingerprint density at radius 3 is 2.00 bits per heavy atom. The van der Waals surface area contributed by atoms with E-state index in [-0.39, 0.29) is 10.7 Å². The summed E-state index contributed by atoms with van der Waals surface area (Å²) >= 11 is 0.676. The van der Waals surface area contributed by atoms with Crippen LogP contribution < -0.4 is 10.6 Å². The molecule has 30 heavy (non-hydrogen) atoms. The van der Waals surface area contributed by atoms with Crippen LogP contribution in [0.25, 0.3) is 0 Å². The maximum atomic E-state index is 12.5. The van der Waals surface area contributed by atoms with Crippen molar-refractivity contribution in [1.82, 2.24) is 14.9 Å². The van der Waals surface area contributed by atoms with Gasteiger partial charge in [-0.25, -0.2) is 19.2 Å². The number of carbonyl (C=O) groups excluding carboxylic acids is 5. The maximum Gasteiger partial charge on any atom is 0.355 e. The lowest BCUT2D eigenvalue weighted by Gasteiger charge is -2.15. The number of hydrogen-bond donors (Lipinski definition) is 2. The molecular formula is C16H18N4O9S. The number of anilines is 1. The predicted molar refractivity (Wildman–Crippen MR) is 100 cm³/mol. The van der Waals surface area contributed by atoms with E-state index in [0.29, 0.717) is 17.6 Å². The van der Waals surface area contributed by atoms with Crippen LogP contribution in [-0.2, 0) is 38.1 Å². The van der Waals surface area contributed by atoms with Crippen LogP contribution >= 0.6 is 11.5 Å². The Kier molecular flexibility index (Phi) is 9.09. The normalized spacial score (nSPS) is 11.6. The average molecular weight is 442 g/mol. The van der Waals surface area contributed by atoms with Crippen LogP contribution in [0.4, 0.5) is 5.00 Å². The molecule has 1 heterocycles. The number of carbonyl (C=O) groups is 5. The molecule has 0 spiro atoms. The molecule has 0 saturated carbocycles. The monoisotopic (exact) mass is 442 g/mol. The predicted octanol–water partition coefficient (Wildman–Crippen LogP) is -0.818. The molecule has 13 nitrogen and oxygen atoms in total. The Hall–Kier alpha value is -3.81. The number of ether oxygens (including phenoxy) is 4. The Morgan fingerprint density at radius 2 is 1.50 bits per heavy atom. The van der Waals surface area contributed by atoms with Crippen molar-refractivity contribution in [3.05, 3.63) is 28.6 Å². The van der Waals surface area contributed by atoms with Gasteiger partial charge >= 0.3 is 23.9 Å². The van der Waals surface area contributed by atoms with Crippen LogP contribution in [0.3, 0.4) is 0 Å². The van der Waals surface area contributed by atoms with Gasteiger partial charge in [0.15, 0.2) is 5.69 Å². The third-order valence-electron chi connectivity index (χ3n) is 3.34. The number of methoxy groups -OCH3 is 4. The van der Waals surface area contributed by atoms with Gasteiger partial charge in [-0.05, 0) is 0 Å². The molecule has 0 aromatic carbocycles. The van der Waals surface area contributed by atoms with E-state index in [2.05, 4.69) is 39.2 Å². The van der Waals surface area contributed by atoms with E-state index in [4.69, 9.17) is 0 Å². The van der Waals surface area contributed by atoms with Crippen LogP contribution in [0, 0.1) is 0 Å². The van der Waals surface area contributed by atoms with Crippen LogP contribution in [-0.4, -0.2) is 74.9 Å². The van der Waals surface area contributed by atoms with Crippen molar-refractivity contribution < 1.29 is 42.9 Å². The number of esters is 4. The number of nitrogens with one attached hydrogen (secondary N) is 2. The van der Waals surface area contributed by atoms with Crippen molar-refractivity contribution in [3.63, 3.8) is 0 Å². The van der Waals surface area contributed by atoms with E-state index in [0.717, 1.165) is 28.4 Å². The fourth-order valence-corrected chi connectivity index (χ4v) is 2.51. The molecule has 0 aliphatic heterocycles. The lowest BCUT2D eigenvalue weighted by Crippen LogP contribution is -2.26. The van der Waals surface area contributed by atoms with E-state index in [1.54, 1.807) is 0 Å².